The Balaban J connectivity index is 1.43. The zero-order chi connectivity index (χ0) is 21.1. The van der Waals surface area contributed by atoms with Gasteiger partial charge in [-0.15, -0.1) is 0 Å². The van der Waals surface area contributed by atoms with E-state index >= 15 is 0 Å². The van der Waals surface area contributed by atoms with Gasteiger partial charge in [-0.25, -0.2) is 13.5 Å². The van der Waals surface area contributed by atoms with Crippen molar-refractivity contribution in [1.82, 2.24) is 19.7 Å². The molecule has 1 aromatic carbocycles. The molecule has 7 nitrogen and oxygen atoms in total. The van der Waals surface area contributed by atoms with Gasteiger partial charge < -0.3 is 14.8 Å². The number of methoxy groups -OCH3 is 1. The van der Waals surface area contributed by atoms with Crippen molar-refractivity contribution < 1.29 is 18.3 Å². The van der Waals surface area contributed by atoms with Gasteiger partial charge in [-0.05, 0) is 56.3 Å². The van der Waals surface area contributed by atoms with E-state index in [1.54, 1.807) is 7.11 Å². The van der Waals surface area contributed by atoms with Crippen molar-refractivity contribution in [2.45, 2.75) is 51.2 Å². The van der Waals surface area contributed by atoms with Crippen LogP contribution in [-0.2, 0) is 6.54 Å². The highest BCUT2D eigenvalue weighted by Gasteiger charge is 2.38. The topological polar surface area (TPSA) is 64.4 Å². The van der Waals surface area contributed by atoms with Crippen LogP contribution < -0.4 is 14.8 Å². The standard InChI is InChI=1S/C21H29F2N5O2/c1-3-30-19-9-14(6-7-18(19)29-2)11-27-8-4-5-15(12-27)16-10-17(20(22)23)28-21(26-16)24-13-25-28/h6-7,9,13,15-17,20H,3-5,8,10-12H2,1-2H3,(H,24,25,26)/t15-,16+,17-/m1/s1. The SMILES string of the molecule is CCOc1cc(CN2CCC[C@@H]([C@@H]3C[C@H](C(F)F)n4ncnc4N3)C2)ccc1OC. The molecule has 1 saturated heterocycles. The zero-order valence-electron chi connectivity index (χ0n) is 17.4. The minimum atomic E-state index is -2.45. The van der Waals surface area contributed by atoms with Crippen LogP contribution in [0.5, 0.6) is 11.5 Å². The molecule has 1 fully saturated rings. The normalized spacial score (nSPS) is 24.4. The molecule has 2 aliphatic heterocycles. The first-order chi connectivity index (χ1) is 14.6. The molecule has 3 atom stereocenters. The highest BCUT2D eigenvalue weighted by atomic mass is 19.3. The molecule has 2 aliphatic rings. The van der Waals surface area contributed by atoms with Crippen LogP contribution in [0, 0.1) is 5.92 Å². The lowest BCUT2D eigenvalue weighted by molar-refractivity contribution is 0.0550. The average molecular weight is 421 g/mol. The highest BCUT2D eigenvalue weighted by Crippen LogP contribution is 2.35. The maximum absolute atomic E-state index is 13.6. The van der Waals surface area contributed by atoms with E-state index in [1.807, 2.05) is 19.1 Å². The van der Waals surface area contributed by atoms with Crippen LogP contribution in [0.4, 0.5) is 14.7 Å². The second kappa shape index (κ2) is 9.16. The summed E-state index contributed by atoms with van der Waals surface area (Å²) in [5, 5.41) is 7.33. The number of benzene rings is 1. The van der Waals surface area contributed by atoms with Crippen LogP contribution in [-0.4, -0.2) is 58.9 Å². The predicted molar refractivity (Wildman–Crippen MR) is 109 cm³/mol. The molecule has 3 heterocycles. The molecule has 9 heteroatoms. The summed E-state index contributed by atoms with van der Waals surface area (Å²) < 4.78 is 39.6. The van der Waals surface area contributed by atoms with Gasteiger partial charge in [0.1, 0.15) is 12.4 Å². The molecule has 30 heavy (non-hydrogen) atoms. The number of fused-ring (bicyclic) bond motifs is 1. The molecule has 0 unspecified atom stereocenters. The van der Waals surface area contributed by atoms with E-state index in [2.05, 4.69) is 26.4 Å². The van der Waals surface area contributed by atoms with E-state index in [0.717, 1.165) is 49.5 Å². The Morgan fingerprint density at radius 3 is 2.93 bits per heavy atom. The molecular formula is C21H29F2N5O2. The van der Waals surface area contributed by atoms with Gasteiger partial charge in [0.2, 0.25) is 5.95 Å². The molecule has 164 valence electrons. The fraction of sp³-hybridized carbons (Fsp3) is 0.619. The first kappa shape index (κ1) is 20.8. The lowest BCUT2D eigenvalue weighted by Gasteiger charge is -2.40. The number of nitrogens with one attached hydrogen (secondary N) is 1. The largest absolute Gasteiger partial charge is 0.493 e. The summed E-state index contributed by atoms with van der Waals surface area (Å²) in [6.07, 6.45) is 1.32. The number of halogens is 2. The summed E-state index contributed by atoms with van der Waals surface area (Å²) in [6, 6.07) is 5.07. The Labute approximate surface area is 175 Å². The zero-order valence-corrected chi connectivity index (χ0v) is 17.4. The number of rotatable bonds is 7. The first-order valence-corrected chi connectivity index (χ1v) is 10.5. The number of piperidine rings is 1. The lowest BCUT2D eigenvalue weighted by Crippen LogP contribution is -2.46. The Hall–Kier alpha value is -2.42. The molecule has 0 saturated carbocycles. The van der Waals surface area contributed by atoms with E-state index in [0.29, 0.717) is 19.0 Å². The van der Waals surface area contributed by atoms with Gasteiger partial charge >= 0.3 is 0 Å². The van der Waals surface area contributed by atoms with E-state index in [1.165, 1.54) is 11.0 Å². The number of hydrogen-bond acceptors (Lipinski definition) is 6. The van der Waals surface area contributed by atoms with Crippen molar-refractivity contribution in [3.63, 3.8) is 0 Å². The molecule has 0 spiro atoms. The van der Waals surface area contributed by atoms with Crippen molar-refractivity contribution in [3.8, 4) is 11.5 Å². The molecular weight excluding hydrogens is 392 g/mol. The lowest BCUT2D eigenvalue weighted by atomic mass is 9.86. The summed E-state index contributed by atoms with van der Waals surface area (Å²) >= 11 is 0. The van der Waals surface area contributed by atoms with Gasteiger partial charge in [-0.1, -0.05) is 6.07 Å². The van der Waals surface area contributed by atoms with Gasteiger partial charge in [0.15, 0.2) is 11.5 Å². The molecule has 4 rings (SSSR count). The average Bonchev–Trinajstić information content (AvgIpc) is 3.22. The van der Waals surface area contributed by atoms with Crippen molar-refractivity contribution in [2.24, 2.45) is 5.92 Å². The summed E-state index contributed by atoms with van der Waals surface area (Å²) in [4.78, 5) is 6.53. The number of alkyl halides is 2. The van der Waals surface area contributed by atoms with Gasteiger partial charge in [-0.2, -0.15) is 10.1 Å². The van der Waals surface area contributed by atoms with Crippen molar-refractivity contribution >= 4 is 5.95 Å². The third-order valence-electron chi connectivity index (χ3n) is 6.03. The number of ether oxygens (including phenoxy) is 2. The summed E-state index contributed by atoms with van der Waals surface area (Å²) in [5.41, 5.74) is 1.15. The van der Waals surface area contributed by atoms with Gasteiger partial charge in [-0.3, -0.25) is 4.90 Å². The second-order valence-electron chi connectivity index (χ2n) is 7.97. The monoisotopic (exact) mass is 421 g/mol. The number of likely N-dealkylation sites (tertiary alicyclic amines) is 1. The Kier molecular flexibility index (Phi) is 6.36. The Morgan fingerprint density at radius 2 is 2.17 bits per heavy atom. The van der Waals surface area contributed by atoms with Crippen LogP contribution in [0.3, 0.4) is 0 Å². The maximum atomic E-state index is 13.6. The van der Waals surface area contributed by atoms with E-state index in [4.69, 9.17) is 9.47 Å². The van der Waals surface area contributed by atoms with Crippen LogP contribution in [0.15, 0.2) is 24.5 Å². The van der Waals surface area contributed by atoms with Crippen molar-refractivity contribution in [2.75, 3.05) is 32.1 Å². The Morgan fingerprint density at radius 1 is 1.30 bits per heavy atom. The predicted octanol–water partition coefficient (Wildman–Crippen LogP) is 3.59. The third kappa shape index (κ3) is 4.35. The fourth-order valence-electron chi connectivity index (χ4n) is 4.61. The van der Waals surface area contributed by atoms with Gasteiger partial charge in [0, 0.05) is 19.1 Å². The molecule has 0 amide bonds. The van der Waals surface area contributed by atoms with Gasteiger partial charge in [0.25, 0.3) is 6.43 Å². The van der Waals surface area contributed by atoms with Crippen LogP contribution in [0.1, 0.15) is 37.8 Å². The molecule has 0 bridgehead atoms. The third-order valence-corrected chi connectivity index (χ3v) is 6.03. The quantitative estimate of drug-likeness (QED) is 0.737. The molecule has 2 aromatic rings. The van der Waals surface area contributed by atoms with E-state index < -0.39 is 12.5 Å². The van der Waals surface area contributed by atoms with Crippen LogP contribution in [0.2, 0.25) is 0 Å². The first-order valence-electron chi connectivity index (χ1n) is 10.5. The number of nitrogens with zero attached hydrogens (tertiary/aromatic N) is 4. The summed E-state index contributed by atoms with van der Waals surface area (Å²) in [5.74, 6) is 2.21. The molecule has 1 N–H and O–H groups in total. The molecule has 0 aliphatic carbocycles. The summed E-state index contributed by atoms with van der Waals surface area (Å²) in [6.45, 7) is 5.17. The fourth-order valence-corrected chi connectivity index (χ4v) is 4.61. The van der Waals surface area contributed by atoms with E-state index in [-0.39, 0.29) is 12.0 Å². The van der Waals surface area contributed by atoms with E-state index in [9.17, 15) is 8.78 Å². The number of anilines is 1. The maximum Gasteiger partial charge on any atom is 0.260 e. The minimum Gasteiger partial charge on any atom is -0.493 e. The molecule has 1 aromatic heterocycles. The van der Waals surface area contributed by atoms with Crippen molar-refractivity contribution in [3.05, 3.63) is 30.1 Å². The second-order valence-corrected chi connectivity index (χ2v) is 7.97. The number of aromatic nitrogens is 3. The smallest absolute Gasteiger partial charge is 0.260 e. The Bertz CT molecular complexity index is 847. The van der Waals surface area contributed by atoms with Crippen LogP contribution >= 0.6 is 0 Å². The number of hydrogen-bond donors (Lipinski definition) is 1. The van der Waals surface area contributed by atoms with Crippen molar-refractivity contribution in [1.29, 1.82) is 0 Å². The van der Waals surface area contributed by atoms with Crippen LogP contribution in [0.25, 0.3) is 0 Å². The molecule has 0 radical (unpaired) electrons. The van der Waals surface area contributed by atoms with Gasteiger partial charge in [0.05, 0.1) is 13.7 Å². The summed E-state index contributed by atoms with van der Waals surface area (Å²) in [7, 11) is 1.64. The highest BCUT2D eigenvalue weighted by molar-refractivity contribution is 5.43. The minimum absolute atomic E-state index is 0.0293.